The van der Waals surface area contributed by atoms with Gasteiger partial charge in [-0.1, -0.05) is 19.9 Å². The standard InChI is InChI=1S/C8H15F/c1-4-8(9)6-5-7(2)3/h4,7H,5-6H2,1-3H3/b8-4-. The highest BCUT2D eigenvalue weighted by Gasteiger charge is 1.95. The van der Waals surface area contributed by atoms with E-state index < -0.39 is 0 Å². The molecule has 0 spiro atoms. The molecule has 0 radical (unpaired) electrons. The first-order chi connectivity index (χ1) is 4.16. The molecule has 0 N–H and O–H groups in total. The van der Waals surface area contributed by atoms with E-state index in [1.54, 1.807) is 6.92 Å². The van der Waals surface area contributed by atoms with Gasteiger partial charge in [0.25, 0.3) is 0 Å². The third-order valence-electron chi connectivity index (χ3n) is 1.27. The van der Waals surface area contributed by atoms with Gasteiger partial charge in [-0.2, -0.15) is 0 Å². The van der Waals surface area contributed by atoms with E-state index >= 15 is 0 Å². The van der Waals surface area contributed by atoms with Crippen LogP contribution in [0, 0.1) is 5.92 Å². The van der Waals surface area contributed by atoms with Crippen molar-refractivity contribution in [2.75, 3.05) is 0 Å². The van der Waals surface area contributed by atoms with E-state index in [2.05, 4.69) is 13.8 Å². The highest BCUT2D eigenvalue weighted by atomic mass is 19.1. The van der Waals surface area contributed by atoms with E-state index in [0.717, 1.165) is 6.42 Å². The maximum Gasteiger partial charge on any atom is 0.0957 e. The fourth-order valence-electron chi connectivity index (χ4n) is 0.571. The van der Waals surface area contributed by atoms with Crippen LogP contribution in [0.4, 0.5) is 4.39 Å². The van der Waals surface area contributed by atoms with Gasteiger partial charge in [-0.25, -0.2) is 4.39 Å². The number of allylic oxidation sites excluding steroid dienone is 2. The summed E-state index contributed by atoms with van der Waals surface area (Å²) in [5.41, 5.74) is 0. The summed E-state index contributed by atoms with van der Waals surface area (Å²) in [6, 6.07) is 0. The quantitative estimate of drug-likeness (QED) is 0.550. The highest BCUT2D eigenvalue weighted by Crippen LogP contribution is 2.11. The maximum atomic E-state index is 12.4. The SMILES string of the molecule is C/C=C(\F)CCC(C)C. The Kier molecular flexibility index (Phi) is 4.37. The second kappa shape index (κ2) is 4.54. The molecule has 54 valence electrons. The molecule has 0 aliphatic carbocycles. The second-order valence-electron chi connectivity index (χ2n) is 2.67. The largest absolute Gasteiger partial charge is 0.212 e. The third kappa shape index (κ3) is 5.54. The zero-order valence-corrected chi connectivity index (χ0v) is 6.45. The van der Waals surface area contributed by atoms with Crippen molar-refractivity contribution in [3.63, 3.8) is 0 Å². The number of halogens is 1. The molecule has 0 heterocycles. The van der Waals surface area contributed by atoms with Gasteiger partial charge in [0.05, 0.1) is 5.83 Å². The van der Waals surface area contributed by atoms with Crippen molar-refractivity contribution in [1.82, 2.24) is 0 Å². The third-order valence-corrected chi connectivity index (χ3v) is 1.27. The van der Waals surface area contributed by atoms with Crippen molar-refractivity contribution in [2.45, 2.75) is 33.6 Å². The summed E-state index contributed by atoms with van der Waals surface area (Å²) in [7, 11) is 0. The van der Waals surface area contributed by atoms with Gasteiger partial charge in [-0.15, -0.1) is 0 Å². The van der Waals surface area contributed by atoms with E-state index in [1.807, 2.05) is 0 Å². The molecule has 9 heavy (non-hydrogen) atoms. The van der Waals surface area contributed by atoms with Gasteiger partial charge in [0.15, 0.2) is 0 Å². The molecule has 0 saturated carbocycles. The first kappa shape index (κ1) is 8.67. The number of hydrogen-bond donors (Lipinski definition) is 0. The van der Waals surface area contributed by atoms with Gasteiger partial charge in [0, 0.05) is 0 Å². The summed E-state index contributed by atoms with van der Waals surface area (Å²) in [6.45, 7) is 5.93. The van der Waals surface area contributed by atoms with Crippen molar-refractivity contribution in [3.8, 4) is 0 Å². The Morgan fingerprint density at radius 2 is 2.11 bits per heavy atom. The minimum absolute atomic E-state index is 0.0173. The highest BCUT2D eigenvalue weighted by molar-refractivity contribution is 4.87. The molecule has 0 aromatic carbocycles. The topological polar surface area (TPSA) is 0 Å². The molecule has 0 bridgehead atoms. The molecule has 0 aliphatic heterocycles. The Balaban J connectivity index is 3.28. The van der Waals surface area contributed by atoms with Crippen molar-refractivity contribution in [3.05, 3.63) is 11.9 Å². The molecule has 1 heteroatoms. The van der Waals surface area contributed by atoms with Crippen molar-refractivity contribution in [2.24, 2.45) is 5.92 Å². The molecule has 0 aromatic heterocycles. The monoisotopic (exact) mass is 130 g/mol. The Morgan fingerprint density at radius 1 is 1.56 bits per heavy atom. The first-order valence-electron chi connectivity index (χ1n) is 3.47. The number of rotatable bonds is 3. The van der Waals surface area contributed by atoms with Crippen LogP contribution in [-0.2, 0) is 0 Å². The predicted octanol–water partition coefficient (Wildman–Crippen LogP) is 3.30. The van der Waals surface area contributed by atoms with Crippen LogP contribution in [0.2, 0.25) is 0 Å². The van der Waals surface area contributed by atoms with Crippen LogP contribution in [-0.4, -0.2) is 0 Å². The molecule has 0 fully saturated rings. The van der Waals surface area contributed by atoms with Crippen LogP contribution < -0.4 is 0 Å². The molecular weight excluding hydrogens is 115 g/mol. The van der Waals surface area contributed by atoms with Crippen molar-refractivity contribution >= 4 is 0 Å². The van der Waals surface area contributed by atoms with Crippen LogP contribution >= 0.6 is 0 Å². The van der Waals surface area contributed by atoms with Crippen molar-refractivity contribution < 1.29 is 4.39 Å². The summed E-state index contributed by atoms with van der Waals surface area (Å²) in [6.07, 6.45) is 3.09. The molecule has 0 unspecified atom stereocenters. The summed E-state index contributed by atoms with van der Waals surface area (Å²) in [5, 5.41) is 0. The molecule has 0 amide bonds. The van der Waals surface area contributed by atoms with Gasteiger partial charge < -0.3 is 0 Å². The van der Waals surface area contributed by atoms with Crippen LogP contribution in [0.1, 0.15) is 33.6 Å². The van der Waals surface area contributed by atoms with Crippen molar-refractivity contribution in [1.29, 1.82) is 0 Å². The normalized spacial score (nSPS) is 12.8. The van der Waals surface area contributed by atoms with Gasteiger partial charge >= 0.3 is 0 Å². The van der Waals surface area contributed by atoms with Gasteiger partial charge in [-0.05, 0) is 25.7 Å². The minimum atomic E-state index is 0.0173. The molecule has 0 aliphatic rings. The van der Waals surface area contributed by atoms with Crippen LogP contribution in [0.15, 0.2) is 11.9 Å². The van der Waals surface area contributed by atoms with E-state index in [9.17, 15) is 4.39 Å². The first-order valence-corrected chi connectivity index (χ1v) is 3.47. The number of hydrogen-bond acceptors (Lipinski definition) is 0. The molecular formula is C8H15F. The summed E-state index contributed by atoms with van der Waals surface area (Å²) in [5.74, 6) is 0.624. The summed E-state index contributed by atoms with van der Waals surface area (Å²) < 4.78 is 12.4. The average molecular weight is 130 g/mol. The van der Waals surface area contributed by atoms with Gasteiger partial charge in [0.1, 0.15) is 0 Å². The molecule has 0 atom stereocenters. The fourth-order valence-corrected chi connectivity index (χ4v) is 0.571. The average Bonchev–Trinajstić information content (AvgIpc) is 1.83. The van der Waals surface area contributed by atoms with Crippen LogP contribution in [0.5, 0.6) is 0 Å². The minimum Gasteiger partial charge on any atom is -0.212 e. The summed E-state index contributed by atoms with van der Waals surface area (Å²) >= 11 is 0. The molecule has 0 saturated heterocycles. The maximum absolute atomic E-state index is 12.4. The second-order valence-corrected chi connectivity index (χ2v) is 2.67. The van der Waals surface area contributed by atoms with Gasteiger partial charge in [0.2, 0.25) is 0 Å². The zero-order chi connectivity index (χ0) is 7.28. The Labute approximate surface area is 56.8 Å². The fraction of sp³-hybridized carbons (Fsp3) is 0.750. The lowest BCUT2D eigenvalue weighted by atomic mass is 10.1. The zero-order valence-electron chi connectivity index (χ0n) is 6.45. The predicted molar refractivity (Wildman–Crippen MR) is 38.9 cm³/mol. The molecule has 0 nitrogen and oxygen atoms in total. The lowest BCUT2D eigenvalue weighted by molar-refractivity contribution is 0.511. The van der Waals surface area contributed by atoms with E-state index in [1.165, 1.54) is 6.08 Å². The van der Waals surface area contributed by atoms with Crippen LogP contribution in [0.25, 0.3) is 0 Å². The smallest absolute Gasteiger partial charge is 0.0957 e. The van der Waals surface area contributed by atoms with E-state index in [-0.39, 0.29) is 5.83 Å². The Morgan fingerprint density at radius 3 is 2.44 bits per heavy atom. The lowest BCUT2D eigenvalue weighted by Gasteiger charge is -2.00. The Bertz CT molecular complexity index is 92.7. The van der Waals surface area contributed by atoms with Crippen LogP contribution in [0.3, 0.4) is 0 Å². The Hall–Kier alpha value is -0.330. The molecule has 0 rings (SSSR count). The lowest BCUT2D eigenvalue weighted by Crippen LogP contribution is -1.86. The van der Waals surface area contributed by atoms with Gasteiger partial charge in [-0.3, -0.25) is 0 Å². The van der Waals surface area contributed by atoms with E-state index in [0.29, 0.717) is 12.3 Å². The summed E-state index contributed by atoms with van der Waals surface area (Å²) in [4.78, 5) is 0. The van der Waals surface area contributed by atoms with E-state index in [4.69, 9.17) is 0 Å². The molecule has 0 aromatic rings.